The predicted molar refractivity (Wildman–Crippen MR) is 74.1 cm³/mol. The Hall–Kier alpha value is -0.170. The Morgan fingerprint density at radius 1 is 1.59 bits per heavy atom. The third-order valence-electron chi connectivity index (χ3n) is 3.23. The maximum absolute atomic E-state index is 11.1. The fourth-order valence-electron chi connectivity index (χ4n) is 2.26. The second-order valence-corrected chi connectivity index (χ2v) is 4.60. The van der Waals surface area contributed by atoms with E-state index in [2.05, 4.69) is 20.9 Å². The molecule has 0 aliphatic carbocycles. The van der Waals surface area contributed by atoms with Gasteiger partial charge in [-0.05, 0) is 28.8 Å². The maximum Gasteiger partial charge on any atom is 0.343 e. The number of aliphatic imine (C=N–C) groups is 1. The number of rotatable bonds is 5. The topological polar surface area (TPSA) is 78.9 Å². The lowest BCUT2D eigenvalue weighted by Gasteiger charge is -2.38. The number of aliphatic carboxylic acids is 1. The largest absolute Gasteiger partial charge is 0.479 e. The molecule has 17 heavy (non-hydrogen) atoms. The van der Waals surface area contributed by atoms with Gasteiger partial charge in [-0.1, -0.05) is 13.8 Å². The molecule has 3 N–H and O–H groups in total. The van der Waals surface area contributed by atoms with Crippen LogP contribution in [0.1, 0.15) is 26.7 Å². The van der Waals surface area contributed by atoms with Gasteiger partial charge in [-0.25, -0.2) is 9.79 Å². The van der Waals surface area contributed by atoms with E-state index in [0.29, 0.717) is 13.1 Å². The molecular weight excluding hydrogens is 309 g/mol. The molecule has 1 aliphatic heterocycles. The Labute approximate surface area is 116 Å². The highest BCUT2D eigenvalue weighted by molar-refractivity contribution is 9.18. The van der Waals surface area contributed by atoms with E-state index in [1.54, 1.807) is 0 Å². The number of nitrogens with two attached hydrogens (primary N) is 1. The van der Waals surface area contributed by atoms with Crippen LogP contribution in [0.15, 0.2) is 4.99 Å². The van der Waals surface area contributed by atoms with Gasteiger partial charge in [0.25, 0.3) is 0 Å². The van der Waals surface area contributed by atoms with Gasteiger partial charge >= 0.3 is 5.97 Å². The second kappa shape index (κ2) is 6.68. The molecule has 0 fully saturated rings. The molecule has 5 nitrogen and oxygen atoms in total. The minimum Gasteiger partial charge on any atom is -0.479 e. The fraction of sp³-hybridized carbons (Fsp3) is 0.800. The quantitative estimate of drug-likeness (QED) is 0.800. The molecule has 0 radical (unpaired) electrons. The zero-order valence-electron chi connectivity index (χ0n) is 10.0. The van der Waals surface area contributed by atoms with Crippen molar-refractivity contribution >= 4 is 38.9 Å². The number of nitrogens with zero attached hydrogens (tertiary/aromatic N) is 2. The van der Waals surface area contributed by atoms with E-state index in [1.807, 2.05) is 18.7 Å². The lowest BCUT2D eigenvalue weighted by atomic mass is 9.92. The van der Waals surface area contributed by atoms with Crippen molar-refractivity contribution in [2.75, 3.05) is 13.1 Å². The summed E-state index contributed by atoms with van der Waals surface area (Å²) in [4.78, 5) is 17.2. The molecule has 0 saturated carbocycles. The Balaban J connectivity index is 0.00000256. The molecule has 1 rings (SSSR count). The monoisotopic (exact) mass is 327 g/mol. The van der Waals surface area contributed by atoms with Gasteiger partial charge in [0.1, 0.15) is 4.62 Å². The van der Waals surface area contributed by atoms with Crippen LogP contribution in [0.25, 0.3) is 0 Å². The first-order valence-electron chi connectivity index (χ1n) is 5.46. The van der Waals surface area contributed by atoms with Crippen LogP contribution in [0.2, 0.25) is 0 Å². The van der Waals surface area contributed by atoms with Gasteiger partial charge in [-0.3, -0.25) is 4.90 Å². The van der Waals surface area contributed by atoms with Crippen molar-refractivity contribution in [2.45, 2.75) is 38.4 Å². The van der Waals surface area contributed by atoms with Crippen LogP contribution < -0.4 is 5.73 Å². The van der Waals surface area contributed by atoms with Crippen molar-refractivity contribution in [1.29, 1.82) is 0 Å². The van der Waals surface area contributed by atoms with Crippen molar-refractivity contribution < 1.29 is 9.90 Å². The molecule has 1 unspecified atom stereocenters. The van der Waals surface area contributed by atoms with Gasteiger partial charge < -0.3 is 10.8 Å². The highest BCUT2D eigenvalue weighted by Gasteiger charge is 2.48. The van der Waals surface area contributed by atoms with Crippen molar-refractivity contribution in [1.82, 2.24) is 4.90 Å². The summed E-state index contributed by atoms with van der Waals surface area (Å²) in [6.45, 7) is 5.04. The molecule has 0 bridgehead atoms. The number of hydrogen-bond acceptors (Lipinski definition) is 4. The number of carboxylic acid groups (broad SMARTS) is 1. The van der Waals surface area contributed by atoms with E-state index < -0.39 is 12.1 Å². The third-order valence-corrected chi connectivity index (χ3v) is 4.17. The van der Waals surface area contributed by atoms with Gasteiger partial charge in [-0.15, -0.1) is 12.4 Å². The molecule has 0 aromatic rings. The van der Waals surface area contributed by atoms with Gasteiger partial charge in [0.15, 0.2) is 0 Å². The maximum atomic E-state index is 11.1. The first kappa shape index (κ1) is 16.8. The lowest BCUT2D eigenvalue weighted by molar-refractivity contribution is -0.143. The van der Waals surface area contributed by atoms with Crippen LogP contribution in [0, 0.1) is 0 Å². The minimum absolute atomic E-state index is 0. The Kier molecular flexibility index (Phi) is 6.61. The zero-order valence-corrected chi connectivity index (χ0v) is 12.4. The van der Waals surface area contributed by atoms with Crippen molar-refractivity contribution in [3.05, 3.63) is 0 Å². The van der Waals surface area contributed by atoms with Crippen molar-refractivity contribution in [3.8, 4) is 0 Å². The number of carbonyl (C=O) groups is 1. The summed E-state index contributed by atoms with van der Waals surface area (Å²) in [6, 6.07) is 0. The number of halogens is 2. The van der Waals surface area contributed by atoms with E-state index in [4.69, 9.17) is 10.8 Å². The summed E-state index contributed by atoms with van der Waals surface area (Å²) in [5.74, 6) is -0.922. The average molecular weight is 329 g/mol. The van der Waals surface area contributed by atoms with Crippen LogP contribution in [-0.4, -0.2) is 45.4 Å². The molecule has 0 amide bonds. The molecule has 0 spiro atoms. The molecular formula is C10H19BrClN3O2. The summed E-state index contributed by atoms with van der Waals surface area (Å²) in [6.07, 6.45) is 0.826. The summed E-state index contributed by atoms with van der Waals surface area (Å²) in [5, 5.41) is 9.14. The van der Waals surface area contributed by atoms with Gasteiger partial charge in [0.05, 0.1) is 5.54 Å². The summed E-state index contributed by atoms with van der Waals surface area (Å²) in [7, 11) is 0. The second-order valence-electron chi connectivity index (χ2n) is 3.85. The third kappa shape index (κ3) is 2.81. The van der Waals surface area contributed by atoms with Crippen LogP contribution >= 0.6 is 28.3 Å². The van der Waals surface area contributed by atoms with E-state index in [1.165, 1.54) is 0 Å². The molecule has 0 aromatic heterocycles. The van der Waals surface area contributed by atoms with Crippen molar-refractivity contribution in [2.24, 2.45) is 10.7 Å². The predicted octanol–water partition coefficient (Wildman–Crippen LogP) is 1.45. The Morgan fingerprint density at radius 2 is 2.12 bits per heavy atom. The molecule has 1 aliphatic rings. The number of carboxylic acids is 1. The summed E-state index contributed by atoms with van der Waals surface area (Å²) in [5.41, 5.74) is 5.24. The van der Waals surface area contributed by atoms with Gasteiger partial charge in [0.2, 0.25) is 6.17 Å². The fourth-order valence-corrected chi connectivity index (χ4v) is 3.24. The van der Waals surface area contributed by atoms with Crippen LogP contribution in [-0.2, 0) is 4.79 Å². The van der Waals surface area contributed by atoms with Crippen LogP contribution in [0.3, 0.4) is 0 Å². The standard InChI is InChI=1S/C10H18BrN3O2.ClH/c1-3-10(4-2)9(11)13-7(8(15)16)14(10)6-5-12;/h7H,3-6,12H2,1-2H3,(H,15,16);1H. The average Bonchev–Trinajstić information content (AvgIpc) is 2.53. The summed E-state index contributed by atoms with van der Waals surface area (Å²) < 4.78 is 0.728. The molecule has 1 atom stereocenters. The highest BCUT2D eigenvalue weighted by atomic mass is 79.9. The van der Waals surface area contributed by atoms with Gasteiger partial charge in [-0.2, -0.15) is 0 Å². The normalized spacial score (nSPS) is 23.1. The van der Waals surface area contributed by atoms with E-state index in [-0.39, 0.29) is 17.9 Å². The Morgan fingerprint density at radius 3 is 2.47 bits per heavy atom. The molecule has 100 valence electrons. The smallest absolute Gasteiger partial charge is 0.343 e. The highest BCUT2D eigenvalue weighted by Crippen LogP contribution is 2.36. The summed E-state index contributed by atoms with van der Waals surface area (Å²) >= 11 is 3.41. The molecule has 1 heterocycles. The molecule has 7 heteroatoms. The van der Waals surface area contributed by atoms with E-state index in [9.17, 15) is 4.79 Å². The molecule has 0 aromatic carbocycles. The van der Waals surface area contributed by atoms with Crippen LogP contribution in [0.5, 0.6) is 0 Å². The first-order valence-corrected chi connectivity index (χ1v) is 6.26. The lowest BCUT2D eigenvalue weighted by Crippen LogP contribution is -2.54. The van der Waals surface area contributed by atoms with E-state index >= 15 is 0 Å². The van der Waals surface area contributed by atoms with Crippen molar-refractivity contribution in [3.63, 3.8) is 0 Å². The Bertz CT molecular complexity index is 308. The first-order chi connectivity index (χ1) is 7.53. The number of hydrogen-bond donors (Lipinski definition) is 2. The van der Waals surface area contributed by atoms with Gasteiger partial charge in [0, 0.05) is 13.1 Å². The van der Waals surface area contributed by atoms with Crippen LogP contribution in [0.4, 0.5) is 0 Å². The zero-order chi connectivity index (χ0) is 12.3. The minimum atomic E-state index is -0.922. The molecule has 0 saturated heterocycles. The SMILES string of the molecule is CCC1(CC)C(Br)=NC(C(=O)O)N1CCN.Cl. The van der Waals surface area contributed by atoms with E-state index in [0.717, 1.165) is 17.5 Å².